The van der Waals surface area contributed by atoms with Gasteiger partial charge in [-0.15, -0.1) is 11.3 Å². The number of nitrogens with two attached hydrogens (primary N) is 1. The molecule has 0 saturated carbocycles. The molecular formula is C22H20N4OS. The molecule has 5 rings (SSSR count). The van der Waals surface area contributed by atoms with Crippen LogP contribution in [0.2, 0.25) is 0 Å². The number of amides is 1. The van der Waals surface area contributed by atoms with E-state index in [1.165, 1.54) is 17.8 Å². The van der Waals surface area contributed by atoms with Crippen molar-refractivity contribution >= 4 is 44.1 Å². The quantitative estimate of drug-likeness (QED) is 0.539. The van der Waals surface area contributed by atoms with E-state index in [1.54, 1.807) is 6.20 Å². The van der Waals surface area contributed by atoms with E-state index in [0.29, 0.717) is 20.9 Å². The summed E-state index contributed by atoms with van der Waals surface area (Å²) in [4.78, 5) is 25.5. The van der Waals surface area contributed by atoms with Crippen LogP contribution in [0, 0.1) is 0 Å². The molecule has 0 unspecified atom stereocenters. The van der Waals surface area contributed by atoms with E-state index in [1.807, 2.05) is 23.1 Å². The number of hydrogen-bond donors (Lipinski definition) is 1. The van der Waals surface area contributed by atoms with Gasteiger partial charge in [0, 0.05) is 18.7 Å². The highest BCUT2D eigenvalue weighted by molar-refractivity contribution is 7.21. The summed E-state index contributed by atoms with van der Waals surface area (Å²) >= 11 is 1.35. The van der Waals surface area contributed by atoms with Gasteiger partial charge in [-0.25, -0.2) is 9.97 Å². The second-order valence-electron chi connectivity index (χ2n) is 7.13. The maximum atomic E-state index is 12.9. The number of rotatable bonds is 2. The van der Waals surface area contributed by atoms with E-state index in [2.05, 4.69) is 29.2 Å². The van der Waals surface area contributed by atoms with Crippen LogP contribution in [-0.2, 0) is 0 Å². The standard InChI is InChI=1S/C22H20N4OS/c23-18-19-21(28-20(18)22(27)26-11-4-1-5-12-26)25-17(13-24-19)16-10-6-8-14-7-2-3-9-15(14)16/h2-3,6-10,13H,1,4-5,11-12,23H2. The number of carbonyl (C=O) groups excluding carboxylic acids is 1. The molecule has 2 aromatic heterocycles. The summed E-state index contributed by atoms with van der Waals surface area (Å²) in [7, 11) is 0. The van der Waals surface area contributed by atoms with E-state index < -0.39 is 0 Å². The van der Waals surface area contributed by atoms with Gasteiger partial charge in [-0.3, -0.25) is 4.79 Å². The summed E-state index contributed by atoms with van der Waals surface area (Å²) in [6, 6.07) is 14.4. The molecule has 1 aliphatic heterocycles. The number of nitrogen functional groups attached to an aromatic ring is 1. The Hall–Kier alpha value is -2.99. The van der Waals surface area contributed by atoms with Crippen molar-refractivity contribution in [3.8, 4) is 11.3 Å². The number of thiophene rings is 1. The average Bonchev–Trinajstić information content (AvgIpc) is 3.09. The van der Waals surface area contributed by atoms with Crippen LogP contribution >= 0.6 is 11.3 Å². The lowest BCUT2D eigenvalue weighted by atomic mass is 10.0. The molecule has 4 aromatic rings. The minimum atomic E-state index is 0.00807. The molecule has 5 nitrogen and oxygen atoms in total. The molecule has 1 amide bonds. The van der Waals surface area contributed by atoms with Crippen LogP contribution in [0.5, 0.6) is 0 Å². The van der Waals surface area contributed by atoms with Gasteiger partial charge in [0.1, 0.15) is 15.2 Å². The number of benzene rings is 2. The highest BCUT2D eigenvalue weighted by atomic mass is 32.1. The zero-order valence-electron chi connectivity index (χ0n) is 15.4. The fourth-order valence-corrected chi connectivity index (χ4v) is 4.88. The summed E-state index contributed by atoms with van der Waals surface area (Å²) in [5.74, 6) is 0.00807. The van der Waals surface area contributed by atoms with Crippen molar-refractivity contribution in [1.29, 1.82) is 0 Å². The molecule has 0 atom stereocenters. The number of aromatic nitrogens is 2. The monoisotopic (exact) mass is 388 g/mol. The Bertz CT molecular complexity index is 1190. The van der Waals surface area contributed by atoms with Crippen LogP contribution in [0.1, 0.15) is 28.9 Å². The van der Waals surface area contributed by atoms with Gasteiger partial charge in [-0.1, -0.05) is 42.5 Å². The van der Waals surface area contributed by atoms with Crippen LogP contribution in [0.15, 0.2) is 48.7 Å². The summed E-state index contributed by atoms with van der Waals surface area (Å²) in [6.07, 6.45) is 5.04. The highest BCUT2D eigenvalue weighted by Gasteiger charge is 2.24. The van der Waals surface area contributed by atoms with E-state index in [4.69, 9.17) is 10.7 Å². The molecule has 2 N–H and O–H groups in total. The van der Waals surface area contributed by atoms with Crippen LogP contribution in [-0.4, -0.2) is 33.9 Å². The number of likely N-dealkylation sites (tertiary alicyclic amines) is 1. The van der Waals surface area contributed by atoms with Crippen molar-refractivity contribution in [2.24, 2.45) is 0 Å². The average molecular weight is 388 g/mol. The van der Waals surface area contributed by atoms with Crippen molar-refractivity contribution in [1.82, 2.24) is 14.9 Å². The fourth-order valence-electron chi connectivity index (χ4n) is 3.87. The Balaban J connectivity index is 1.59. The Labute approximate surface area is 166 Å². The predicted molar refractivity (Wildman–Crippen MR) is 115 cm³/mol. The molecule has 3 heterocycles. The number of piperidine rings is 1. The molecule has 0 aliphatic carbocycles. The maximum Gasteiger partial charge on any atom is 0.266 e. The third-order valence-electron chi connectivity index (χ3n) is 5.34. The van der Waals surface area contributed by atoms with Crippen LogP contribution in [0.25, 0.3) is 32.4 Å². The highest BCUT2D eigenvalue weighted by Crippen LogP contribution is 2.35. The Morgan fingerprint density at radius 1 is 1.04 bits per heavy atom. The van der Waals surface area contributed by atoms with E-state index in [9.17, 15) is 4.79 Å². The molecule has 2 aromatic carbocycles. The zero-order valence-corrected chi connectivity index (χ0v) is 16.2. The van der Waals surface area contributed by atoms with Gasteiger partial charge in [0.2, 0.25) is 0 Å². The van der Waals surface area contributed by atoms with Crippen molar-refractivity contribution in [2.75, 3.05) is 18.8 Å². The topological polar surface area (TPSA) is 72.1 Å². The largest absolute Gasteiger partial charge is 0.396 e. The first-order chi connectivity index (χ1) is 13.7. The zero-order chi connectivity index (χ0) is 19.1. The van der Waals surface area contributed by atoms with Crippen LogP contribution in [0.3, 0.4) is 0 Å². The first-order valence-electron chi connectivity index (χ1n) is 9.55. The molecule has 1 saturated heterocycles. The normalized spacial score (nSPS) is 14.6. The van der Waals surface area contributed by atoms with Crippen molar-refractivity contribution in [3.05, 3.63) is 53.5 Å². The number of nitrogens with zero attached hydrogens (tertiary/aromatic N) is 3. The molecule has 28 heavy (non-hydrogen) atoms. The van der Waals surface area contributed by atoms with E-state index in [-0.39, 0.29) is 5.91 Å². The lowest BCUT2D eigenvalue weighted by Gasteiger charge is -2.26. The van der Waals surface area contributed by atoms with Gasteiger partial charge in [0.05, 0.1) is 17.6 Å². The van der Waals surface area contributed by atoms with Crippen molar-refractivity contribution < 1.29 is 4.79 Å². The van der Waals surface area contributed by atoms with Crippen LogP contribution < -0.4 is 5.73 Å². The molecule has 1 fully saturated rings. The lowest BCUT2D eigenvalue weighted by molar-refractivity contribution is 0.0730. The first kappa shape index (κ1) is 17.1. The number of carbonyl (C=O) groups is 1. The molecule has 0 spiro atoms. The van der Waals surface area contributed by atoms with E-state index in [0.717, 1.165) is 48.0 Å². The summed E-state index contributed by atoms with van der Waals surface area (Å²) in [6.45, 7) is 1.60. The predicted octanol–water partition coefficient (Wildman–Crippen LogP) is 4.72. The third kappa shape index (κ3) is 2.81. The van der Waals surface area contributed by atoms with Crippen molar-refractivity contribution in [2.45, 2.75) is 19.3 Å². The van der Waals surface area contributed by atoms with Gasteiger partial charge < -0.3 is 10.6 Å². The maximum absolute atomic E-state index is 12.9. The Morgan fingerprint density at radius 3 is 2.68 bits per heavy atom. The molecule has 140 valence electrons. The molecular weight excluding hydrogens is 368 g/mol. The summed E-state index contributed by atoms with van der Waals surface area (Å²) in [5.41, 5.74) is 9.18. The Kier molecular flexibility index (Phi) is 4.20. The van der Waals surface area contributed by atoms with Gasteiger partial charge >= 0.3 is 0 Å². The number of fused-ring (bicyclic) bond motifs is 2. The lowest BCUT2D eigenvalue weighted by Crippen LogP contribution is -2.35. The molecule has 6 heteroatoms. The summed E-state index contributed by atoms with van der Waals surface area (Å²) in [5, 5.41) is 2.29. The third-order valence-corrected chi connectivity index (χ3v) is 6.42. The van der Waals surface area contributed by atoms with Gasteiger partial charge in [-0.2, -0.15) is 0 Å². The van der Waals surface area contributed by atoms with Gasteiger partial charge in [0.15, 0.2) is 0 Å². The van der Waals surface area contributed by atoms with Gasteiger partial charge in [0.25, 0.3) is 5.91 Å². The van der Waals surface area contributed by atoms with Gasteiger partial charge in [-0.05, 0) is 30.0 Å². The Morgan fingerprint density at radius 2 is 1.82 bits per heavy atom. The second kappa shape index (κ2) is 6.87. The minimum Gasteiger partial charge on any atom is -0.396 e. The SMILES string of the molecule is Nc1c(C(=O)N2CCCCC2)sc2nc(-c3cccc4ccccc34)cnc12. The molecule has 0 bridgehead atoms. The number of hydrogen-bond acceptors (Lipinski definition) is 5. The second-order valence-corrected chi connectivity index (χ2v) is 8.13. The summed E-state index contributed by atoms with van der Waals surface area (Å²) < 4.78 is 0. The first-order valence-corrected chi connectivity index (χ1v) is 10.4. The minimum absolute atomic E-state index is 0.00807. The van der Waals surface area contributed by atoms with Crippen LogP contribution in [0.4, 0.5) is 5.69 Å². The fraction of sp³-hybridized carbons (Fsp3) is 0.227. The smallest absolute Gasteiger partial charge is 0.266 e. The van der Waals surface area contributed by atoms with E-state index >= 15 is 0 Å². The molecule has 0 radical (unpaired) electrons. The molecule has 1 aliphatic rings. The van der Waals surface area contributed by atoms with Crippen molar-refractivity contribution in [3.63, 3.8) is 0 Å². The number of anilines is 1.